The van der Waals surface area contributed by atoms with Crippen LogP contribution < -0.4 is 13.8 Å². The molecule has 0 fully saturated rings. The second kappa shape index (κ2) is 6.89. The van der Waals surface area contributed by atoms with Crippen LogP contribution in [0.5, 0.6) is 11.5 Å². The van der Waals surface area contributed by atoms with Gasteiger partial charge >= 0.3 is 5.97 Å². The summed E-state index contributed by atoms with van der Waals surface area (Å²) < 4.78 is 42.6. The molecule has 0 radical (unpaired) electrons. The number of carbonyl (C=O) groups is 1. The molecule has 0 saturated carbocycles. The molecule has 0 unspecified atom stereocenters. The van der Waals surface area contributed by atoms with Crippen molar-refractivity contribution in [3.05, 3.63) is 59.4 Å². The topological polar surface area (TPSA) is 82.1 Å². The number of carbonyl (C=O) groups excluding carboxylic acids is 1. The smallest absolute Gasteiger partial charge is 0.337 e. The minimum Gasteiger partial charge on any atom is -0.495 e. The lowest BCUT2D eigenvalue weighted by molar-refractivity contribution is 0.0600. The van der Waals surface area contributed by atoms with E-state index < -0.39 is 16.0 Å². The zero-order valence-electron chi connectivity index (χ0n) is 13.8. The van der Waals surface area contributed by atoms with Crippen LogP contribution in [0.3, 0.4) is 0 Å². The molecule has 136 valence electrons. The summed E-state index contributed by atoms with van der Waals surface area (Å²) in [7, 11) is -1.48. The molecule has 0 aliphatic carbocycles. The van der Waals surface area contributed by atoms with Crippen molar-refractivity contribution in [2.24, 2.45) is 0 Å². The van der Waals surface area contributed by atoms with E-state index >= 15 is 0 Å². The van der Waals surface area contributed by atoms with E-state index in [0.717, 1.165) is 4.31 Å². The Kier molecular flexibility index (Phi) is 4.80. The van der Waals surface area contributed by atoms with Crippen molar-refractivity contribution in [3.63, 3.8) is 0 Å². The maximum atomic E-state index is 13.2. The number of hydrogen-bond acceptors (Lipinski definition) is 6. The fourth-order valence-electron chi connectivity index (χ4n) is 2.44. The van der Waals surface area contributed by atoms with Crippen LogP contribution in [0.25, 0.3) is 0 Å². The summed E-state index contributed by atoms with van der Waals surface area (Å²) >= 11 is 5.96. The van der Waals surface area contributed by atoms with E-state index in [-0.39, 0.29) is 32.7 Å². The molecule has 0 bridgehead atoms. The van der Waals surface area contributed by atoms with Crippen molar-refractivity contribution < 1.29 is 27.4 Å². The zero-order valence-corrected chi connectivity index (χ0v) is 15.4. The van der Waals surface area contributed by atoms with Gasteiger partial charge < -0.3 is 14.2 Å². The number of fused-ring (bicyclic) bond motifs is 1. The van der Waals surface area contributed by atoms with Gasteiger partial charge in [0.25, 0.3) is 10.0 Å². The lowest BCUT2D eigenvalue weighted by atomic mass is 10.2. The molecule has 2 aromatic carbocycles. The molecule has 0 aromatic heterocycles. The average molecular weight is 396 g/mol. The molecule has 0 saturated heterocycles. The van der Waals surface area contributed by atoms with Crippen LogP contribution in [0.1, 0.15) is 10.4 Å². The molecule has 9 heteroatoms. The first-order valence-corrected chi connectivity index (χ1v) is 9.14. The Morgan fingerprint density at radius 3 is 2.62 bits per heavy atom. The maximum Gasteiger partial charge on any atom is 0.337 e. The summed E-state index contributed by atoms with van der Waals surface area (Å²) in [5, 5.41) is 0.241. The number of sulfonamides is 1. The second-order valence-corrected chi connectivity index (χ2v) is 7.39. The van der Waals surface area contributed by atoms with E-state index in [2.05, 4.69) is 4.74 Å². The molecule has 3 rings (SSSR count). The van der Waals surface area contributed by atoms with Crippen molar-refractivity contribution >= 4 is 33.3 Å². The van der Waals surface area contributed by atoms with Crippen LogP contribution in [-0.4, -0.2) is 28.6 Å². The van der Waals surface area contributed by atoms with Gasteiger partial charge in [0.2, 0.25) is 0 Å². The highest BCUT2D eigenvalue weighted by Gasteiger charge is 2.31. The first-order chi connectivity index (χ1) is 12.4. The quantitative estimate of drug-likeness (QED) is 0.739. The molecule has 0 spiro atoms. The molecule has 1 aliphatic rings. The number of anilines is 1. The number of ether oxygens (including phenoxy) is 3. The van der Waals surface area contributed by atoms with E-state index in [1.165, 1.54) is 63.1 Å². The fraction of sp³-hybridized carbons (Fsp3) is 0.118. The minimum absolute atomic E-state index is 0.117. The van der Waals surface area contributed by atoms with E-state index in [0.29, 0.717) is 0 Å². The first-order valence-electron chi connectivity index (χ1n) is 7.32. The van der Waals surface area contributed by atoms with Gasteiger partial charge in [0, 0.05) is 5.02 Å². The Morgan fingerprint density at radius 1 is 1.15 bits per heavy atom. The fourth-order valence-corrected chi connectivity index (χ4v) is 4.18. The Balaban J connectivity index is 2.16. The Bertz CT molecular complexity index is 1000. The number of rotatable bonds is 4. The van der Waals surface area contributed by atoms with E-state index in [1.807, 2.05) is 0 Å². The average Bonchev–Trinajstić information content (AvgIpc) is 2.66. The Hall–Kier alpha value is -2.71. The molecule has 0 N–H and O–H groups in total. The van der Waals surface area contributed by atoms with Crippen LogP contribution >= 0.6 is 11.6 Å². The van der Waals surface area contributed by atoms with Crippen molar-refractivity contribution in [2.45, 2.75) is 4.90 Å². The highest BCUT2D eigenvalue weighted by atomic mass is 35.5. The van der Waals surface area contributed by atoms with Gasteiger partial charge in [0.1, 0.15) is 22.6 Å². The Morgan fingerprint density at radius 2 is 1.92 bits per heavy atom. The van der Waals surface area contributed by atoms with E-state index in [4.69, 9.17) is 21.1 Å². The molecule has 1 aliphatic heterocycles. The number of hydrogen-bond donors (Lipinski definition) is 0. The van der Waals surface area contributed by atoms with Crippen molar-refractivity contribution in [2.75, 3.05) is 18.5 Å². The molecule has 7 nitrogen and oxygen atoms in total. The summed E-state index contributed by atoms with van der Waals surface area (Å²) in [4.78, 5) is 11.7. The highest BCUT2D eigenvalue weighted by Crippen LogP contribution is 2.39. The van der Waals surface area contributed by atoms with Gasteiger partial charge in [0.15, 0.2) is 5.75 Å². The van der Waals surface area contributed by atoms with Gasteiger partial charge in [-0.15, -0.1) is 0 Å². The van der Waals surface area contributed by atoms with Crippen molar-refractivity contribution in [1.29, 1.82) is 0 Å². The van der Waals surface area contributed by atoms with Crippen LogP contribution in [-0.2, 0) is 14.8 Å². The first kappa shape index (κ1) is 18.1. The third-order valence-electron chi connectivity index (χ3n) is 3.67. The molecule has 26 heavy (non-hydrogen) atoms. The largest absolute Gasteiger partial charge is 0.495 e. The molecule has 0 atom stereocenters. The van der Waals surface area contributed by atoms with Crippen LogP contribution in [0, 0.1) is 0 Å². The standard InChI is InChI=1S/C17H14ClNO6S/c1-23-15-6-4-12(18)10-16(15)26(21,22)19-7-8-25-14-5-3-11(9-13(14)19)17(20)24-2/h3-10H,1-2H3. The highest BCUT2D eigenvalue weighted by molar-refractivity contribution is 7.93. The predicted molar refractivity (Wildman–Crippen MR) is 95.2 cm³/mol. The van der Waals surface area contributed by atoms with Gasteiger partial charge in [0.05, 0.1) is 26.0 Å². The summed E-state index contributed by atoms with van der Waals surface area (Å²) in [5.41, 5.74) is 0.348. The second-order valence-electron chi connectivity index (χ2n) is 5.17. The number of methoxy groups -OCH3 is 2. The minimum atomic E-state index is -4.08. The molecular formula is C17H14ClNO6S. The predicted octanol–water partition coefficient (Wildman–Crippen LogP) is 3.19. The Labute approximate surface area is 155 Å². The van der Waals surface area contributed by atoms with Crippen LogP contribution in [0.2, 0.25) is 5.02 Å². The summed E-state index contributed by atoms with van der Waals surface area (Å²) in [6.45, 7) is 0. The molecule has 2 aromatic rings. The van der Waals surface area contributed by atoms with Gasteiger partial charge in [-0.2, -0.15) is 0 Å². The SMILES string of the molecule is COC(=O)c1ccc2c(c1)N(S(=O)(=O)c1cc(Cl)ccc1OC)C=CO2. The maximum absolute atomic E-state index is 13.2. The van der Waals surface area contributed by atoms with Crippen molar-refractivity contribution in [1.82, 2.24) is 0 Å². The van der Waals surface area contributed by atoms with Gasteiger partial charge in [-0.1, -0.05) is 11.6 Å². The lowest BCUT2D eigenvalue weighted by Gasteiger charge is -2.26. The van der Waals surface area contributed by atoms with Crippen LogP contribution in [0.4, 0.5) is 5.69 Å². The van der Waals surface area contributed by atoms with Crippen LogP contribution in [0.15, 0.2) is 53.8 Å². The van der Waals surface area contributed by atoms with E-state index in [1.54, 1.807) is 0 Å². The molecule has 0 amide bonds. The summed E-state index contributed by atoms with van der Waals surface area (Å²) in [6.07, 6.45) is 2.47. The van der Waals surface area contributed by atoms with Gasteiger partial charge in [-0.25, -0.2) is 17.5 Å². The van der Waals surface area contributed by atoms with Crippen molar-refractivity contribution in [3.8, 4) is 11.5 Å². The third-order valence-corrected chi connectivity index (χ3v) is 5.62. The van der Waals surface area contributed by atoms with Gasteiger partial charge in [-0.3, -0.25) is 0 Å². The molecular weight excluding hydrogens is 382 g/mol. The monoisotopic (exact) mass is 395 g/mol. The number of esters is 1. The van der Waals surface area contributed by atoms with Gasteiger partial charge in [-0.05, 0) is 36.4 Å². The summed E-state index contributed by atoms with van der Waals surface area (Å²) in [5.74, 6) is -0.190. The third kappa shape index (κ3) is 3.09. The summed E-state index contributed by atoms with van der Waals surface area (Å²) in [6, 6.07) is 8.63. The number of benzene rings is 2. The molecule has 1 heterocycles. The number of nitrogens with zero attached hydrogens (tertiary/aromatic N) is 1. The lowest BCUT2D eigenvalue weighted by Crippen LogP contribution is -2.28. The normalized spacial score (nSPS) is 13.0. The van der Waals surface area contributed by atoms with E-state index in [9.17, 15) is 13.2 Å². The zero-order chi connectivity index (χ0) is 18.9. The number of halogens is 1.